The lowest BCUT2D eigenvalue weighted by atomic mass is 9.87. The minimum atomic E-state index is -1.55. The average molecular weight is 512 g/mol. The molecular formula is C28H34FN3O5. The smallest absolute Gasteiger partial charge is 0.255 e. The molecule has 2 aliphatic rings. The molecule has 1 aromatic carbocycles. The fourth-order valence-corrected chi connectivity index (χ4v) is 5.20. The summed E-state index contributed by atoms with van der Waals surface area (Å²) in [6.45, 7) is 4.63. The van der Waals surface area contributed by atoms with Gasteiger partial charge in [-0.25, -0.2) is 9.37 Å². The molecule has 37 heavy (non-hydrogen) atoms. The average Bonchev–Trinajstić information content (AvgIpc) is 3.18. The number of carbonyl (C=O) groups is 2. The fourth-order valence-electron chi connectivity index (χ4n) is 5.20. The van der Waals surface area contributed by atoms with Crippen molar-refractivity contribution in [2.45, 2.75) is 64.3 Å². The molecule has 198 valence electrons. The Morgan fingerprint density at radius 2 is 1.97 bits per heavy atom. The number of hydrogen-bond acceptors (Lipinski definition) is 6. The number of hydrogen-bond donors (Lipinski definition) is 2. The highest BCUT2D eigenvalue weighted by atomic mass is 19.1. The molecule has 2 fully saturated rings. The van der Waals surface area contributed by atoms with Crippen molar-refractivity contribution in [3.05, 3.63) is 29.5 Å². The minimum Gasteiger partial charge on any atom is -0.496 e. The first-order chi connectivity index (χ1) is 17.9. The van der Waals surface area contributed by atoms with Gasteiger partial charge in [-0.3, -0.25) is 9.59 Å². The normalized spacial score (nSPS) is 25.3. The molecule has 3 atom stereocenters. The van der Waals surface area contributed by atoms with Crippen molar-refractivity contribution in [3.8, 4) is 23.5 Å². The SMILES string of the molecule is CCO[C@H]1CC[C@H](C#Cc2cnc(OC[C@H]3NC(=O)[C@@H](F)[C@H]3CC)c3cc(OC)c(C(N)=O)cc23)CC1. The Kier molecular flexibility index (Phi) is 8.49. The van der Waals surface area contributed by atoms with E-state index in [1.807, 2.05) is 13.8 Å². The van der Waals surface area contributed by atoms with E-state index in [4.69, 9.17) is 19.9 Å². The summed E-state index contributed by atoms with van der Waals surface area (Å²) in [6, 6.07) is 2.83. The lowest BCUT2D eigenvalue weighted by Gasteiger charge is -2.25. The summed E-state index contributed by atoms with van der Waals surface area (Å²) in [7, 11) is 1.45. The number of alkyl halides is 1. The summed E-state index contributed by atoms with van der Waals surface area (Å²) in [5, 5.41) is 3.90. The first kappa shape index (κ1) is 26.7. The van der Waals surface area contributed by atoms with Gasteiger partial charge >= 0.3 is 0 Å². The van der Waals surface area contributed by atoms with Crippen LogP contribution in [-0.2, 0) is 9.53 Å². The van der Waals surface area contributed by atoms with Gasteiger partial charge in [-0.1, -0.05) is 18.8 Å². The second-order valence-electron chi connectivity index (χ2n) is 9.54. The molecule has 8 nitrogen and oxygen atoms in total. The molecule has 2 heterocycles. The quantitative estimate of drug-likeness (QED) is 0.525. The van der Waals surface area contributed by atoms with Gasteiger partial charge in [0.05, 0.1) is 30.4 Å². The van der Waals surface area contributed by atoms with Crippen LogP contribution in [0.15, 0.2) is 18.3 Å². The zero-order valence-electron chi connectivity index (χ0n) is 21.5. The number of carbonyl (C=O) groups excluding carboxylic acids is 2. The van der Waals surface area contributed by atoms with Gasteiger partial charge in [0, 0.05) is 35.4 Å². The fraction of sp³-hybridized carbons (Fsp3) is 0.536. The van der Waals surface area contributed by atoms with Crippen molar-refractivity contribution in [1.82, 2.24) is 10.3 Å². The predicted octanol–water partition coefficient (Wildman–Crippen LogP) is 3.53. The Bertz CT molecular complexity index is 1220. The minimum absolute atomic E-state index is 0.0563. The zero-order valence-corrected chi connectivity index (χ0v) is 21.5. The third kappa shape index (κ3) is 5.80. The van der Waals surface area contributed by atoms with Crippen LogP contribution in [0.5, 0.6) is 11.6 Å². The summed E-state index contributed by atoms with van der Waals surface area (Å²) in [5.74, 6) is 5.72. The van der Waals surface area contributed by atoms with Crippen molar-refractivity contribution in [1.29, 1.82) is 0 Å². The van der Waals surface area contributed by atoms with Crippen molar-refractivity contribution in [2.75, 3.05) is 20.3 Å². The third-order valence-electron chi connectivity index (χ3n) is 7.27. The monoisotopic (exact) mass is 511 g/mol. The van der Waals surface area contributed by atoms with E-state index in [1.165, 1.54) is 7.11 Å². The largest absolute Gasteiger partial charge is 0.496 e. The van der Waals surface area contributed by atoms with Crippen LogP contribution in [0, 0.1) is 23.7 Å². The highest BCUT2D eigenvalue weighted by molar-refractivity contribution is 6.03. The molecule has 3 N–H and O–H groups in total. The van der Waals surface area contributed by atoms with Crippen molar-refractivity contribution < 1.29 is 28.2 Å². The van der Waals surface area contributed by atoms with Crippen LogP contribution in [0.4, 0.5) is 4.39 Å². The molecule has 1 saturated heterocycles. The molecule has 1 aliphatic carbocycles. The van der Waals surface area contributed by atoms with Gasteiger partial charge in [-0.2, -0.15) is 0 Å². The van der Waals surface area contributed by atoms with Crippen molar-refractivity contribution in [3.63, 3.8) is 0 Å². The van der Waals surface area contributed by atoms with Crippen LogP contribution >= 0.6 is 0 Å². The third-order valence-corrected chi connectivity index (χ3v) is 7.27. The molecule has 2 amide bonds. The molecule has 1 saturated carbocycles. The second kappa shape index (κ2) is 11.8. The highest BCUT2D eigenvalue weighted by Crippen LogP contribution is 2.34. The summed E-state index contributed by atoms with van der Waals surface area (Å²) in [6.07, 6.45) is 4.75. The Hall–Kier alpha value is -3.38. The van der Waals surface area contributed by atoms with E-state index in [9.17, 15) is 14.0 Å². The van der Waals surface area contributed by atoms with E-state index in [0.717, 1.165) is 32.3 Å². The lowest BCUT2D eigenvalue weighted by molar-refractivity contribution is -0.123. The Balaban J connectivity index is 1.64. The maximum atomic E-state index is 14.2. The van der Waals surface area contributed by atoms with Gasteiger partial charge in [0.25, 0.3) is 11.8 Å². The maximum absolute atomic E-state index is 14.2. The summed E-state index contributed by atoms with van der Waals surface area (Å²) in [5.41, 5.74) is 6.47. The summed E-state index contributed by atoms with van der Waals surface area (Å²) in [4.78, 5) is 28.4. The Morgan fingerprint density at radius 3 is 2.62 bits per heavy atom. The van der Waals surface area contributed by atoms with Gasteiger partial charge in [0.2, 0.25) is 5.88 Å². The van der Waals surface area contributed by atoms with Crippen LogP contribution in [-0.4, -0.2) is 55.4 Å². The number of halogens is 1. The number of amides is 2. The number of aromatic nitrogens is 1. The number of ether oxygens (including phenoxy) is 3. The number of benzene rings is 1. The second-order valence-corrected chi connectivity index (χ2v) is 9.54. The number of methoxy groups -OCH3 is 1. The number of fused-ring (bicyclic) bond motifs is 1. The molecule has 0 radical (unpaired) electrons. The van der Waals surface area contributed by atoms with Crippen LogP contribution in [0.3, 0.4) is 0 Å². The Morgan fingerprint density at radius 1 is 1.22 bits per heavy atom. The molecule has 1 aromatic heterocycles. The van der Waals surface area contributed by atoms with Gasteiger partial charge in [-0.05, 0) is 51.2 Å². The van der Waals surface area contributed by atoms with E-state index < -0.39 is 29.9 Å². The van der Waals surface area contributed by atoms with E-state index >= 15 is 0 Å². The van der Waals surface area contributed by atoms with E-state index in [1.54, 1.807) is 18.3 Å². The van der Waals surface area contributed by atoms with E-state index in [0.29, 0.717) is 28.9 Å². The summed E-state index contributed by atoms with van der Waals surface area (Å²) >= 11 is 0. The van der Waals surface area contributed by atoms with Crippen molar-refractivity contribution >= 4 is 22.6 Å². The molecule has 9 heteroatoms. The first-order valence-corrected chi connectivity index (χ1v) is 12.9. The van der Waals surface area contributed by atoms with Gasteiger partial charge < -0.3 is 25.3 Å². The van der Waals surface area contributed by atoms with E-state index in [2.05, 4.69) is 22.1 Å². The van der Waals surface area contributed by atoms with Crippen molar-refractivity contribution in [2.24, 2.45) is 17.6 Å². The van der Waals surface area contributed by atoms with Crippen LogP contribution in [0.2, 0.25) is 0 Å². The van der Waals surface area contributed by atoms with E-state index in [-0.39, 0.29) is 29.7 Å². The number of pyridine rings is 1. The molecular weight excluding hydrogens is 477 g/mol. The van der Waals surface area contributed by atoms with Gasteiger partial charge in [0.15, 0.2) is 6.17 Å². The number of nitrogens with zero attached hydrogens (tertiary/aromatic N) is 1. The molecule has 1 aliphatic heterocycles. The molecule has 0 spiro atoms. The van der Waals surface area contributed by atoms with Gasteiger partial charge in [-0.15, -0.1) is 0 Å². The zero-order chi connectivity index (χ0) is 26.5. The molecule has 4 rings (SSSR count). The van der Waals surface area contributed by atoms with Gasteiger partial charge in [0.1, 0.15) is 12.4 Å². The Labute approximate surface area is 216 Å². The maximum Gasteiger partial charge on any atom is 0.255 e. The highest BCUT2D eigenvalue weighted by Gasteiger charge is 2.41. The molecule has 0 unspecified atom stereocenters. The van der Waals surface area contributed by atoms with Crippen LogP contribution in [0.25, 0.3) is 10.8 Å². The molecule has 2 aromatic rings. The number of primary amides is 1. The summed E-state index contributed by atoms with van der Waals surface area (Å²) < 4.78 is 31.3. The lowest BCUT2D eigenvalue weighted by Crippen LogP contribution is -2.34. The first-order valence-electron chi connectivity index (χ1n) is 12.9. The number of nitrogens with two attached hydrogens (primary N) is 1. The van der Waals surface area contributed by atoms with Crippen LogP contribution < -0.4 is 20.5 Å². The number of rotatable bonds is 8. The predicted molar refractivity (Wildman–Crippen MR) is 137 cm³/mol. The topological polar surface area (TPSA) is 113 Å². The number of nitrogens with one attached hydrogen (secondary N) is 1. The molecule has 0 bridgehead atoms. The standard InChI is InChI=1S/C28H34FN3O5/c1-4-19-23(32-27(34)25(19)29)15-37-28-21-13-24(35-3)22(26(30)33)12-20(21)17(14-31-28)9-6-16-7-10-18(11-8-16)36-5-2/h12-14,16,18-19,23,25H,4-5,7-8,10-11,15H2,1-3H3,(H2,30,33)(H,32,34)/t16-,18-,19-,23+,25-/m0/s1. The van der Waals surface area contributed by atoms with Crippen LogP contribution in [0.1, 0.15) is 61.9 Å².